The van der Waals surface area contributed by atoms with E-state index in [9.17, 15) is 9.59 Å². The number of hydrogen-bond acceptors (Lipinski definition) is 3. The van der Waals surface area contributed by atoms with Crippen molar-refractivity contribution in [3.8, 4) is 5.75 Å². The average molecular weight is 403 g/mol. The van der Waals surface area contributed by atoms with Crippen LogP contribution in [0.1, 0.15) is 12.0 Å². The summed E-state index contributed by atoms with van der Waals surface area (Å²) in [4.78, 5) is 26.5. The third-order valence-corrected chi connectivity index (χ3v) is 5.18. The fourth-order valence-corrected chi connectivity index (χ4v) is 3.12. The first-order chi connectivity index (χ1) is 12.0. The second-order valence-corrected chi connectivity index (χ2v) is 6.91. The lowest BCUT2D eigenvalue weighted by molar-refractivity contribution is -0.122. The molecule has 0 unspecified atom stereocenters. The van der Waals surface area contributed by atoms with Gasteiger partial charge in [-0.3, -0.25) is 9.59 Å². The summed E-state index contributed by atoms with van der Waals surface area (Å²) in [6.07, 6.45) is 0.207. The normalized spacial score (nSPS) is 16.8. The Morgan fingerprint density at radius 2 is 2.08 bits per heavy atom. The van der Waals surface area contributed by atoms with E-state index in [2.05, 4.69) is 21.2 Å². The van der Waals surface area contributed by atoms with Crippen LogP contribution in [0.4, 0.5) is 11.4 Å². The zero-order valence-electron chi connectivity index (χ0n) is 14.1. The lowest BCUT2D eigenvalue weighted by Gasteiger charge is -2.17. The number of halogens is 1. The highest BCUT2D eigenvalue weighted by atomic mass is 79.9. The van der Waals surface area contributed by atoms with Gasteiger partial charge >= 0.3 is 0 Å². The average Bonchev–Trinajstić information content (AvgIpc) is 3.00. The predicted molar refractivity (Wildman–Crippen MR) is 101 cm³/mol. The van der Waals surface area contributed by atoms with Crippen molar-refractivity contribution in [1.82, 2.24) is 0 Å². The van der Waals surface area contributed by atoms with E-state index in [0.29, 0.717) is 12.3 Å². The molecule has 1 heterocycles. The molecule has 3 rings (SSSR count). The third-order valence-electron chi connectivity index (χ3n) is 4.29. The molecule has 2 aromatic carbocycles. The molecule has 1 fully saturated rings. The van der Waals surface area contributed by atoms with Crippen molar-refractivity contribution < 1.29 is 14.3 Å². The fraction of sp³-hybridized carbons (Fsp3) is 0.263. The molecular weight excluding hydrogens is 384 g/mol. The summed E-state index contributed by atoms with van der Waals surface area (Å²) in [6.45, 7) is 2.33. The number of rotatable bonds is 4. The van der Waals surface area contributed by atoms with Gasteiger partial charge in [-0.15, -0.1) is 0 Å². The zero-order valence-corrected chi connectivity index (χ0v) is 15.7. The summed E-state index contributed by atoms with van der Waals surface area (Å²) >= 11 is 3.44. The number of carbonyl (C=O) groups is 2. The Morgan fingerprint density at radius 1 is 1.28 bits per heavy atom. The van der Waals surface area contributed by atoms with E-state index >= 15 is 0 Å². The lowest BCUT2D eigenvalue weighted by Crippen LogP contribution is -2.28. The number of nitrogens with one attached hydrogen (secondary N) is 1. The highest BCUT2D eigenvalue weighted by Crippen LogP contribution is 2.29. The smallest absolute Gasteiger partial charge is 0.229 e. The molecule has 0 saturated carbocycles. The SMILES string of the molecule is COc1cccc(N2C[C@H](C(=O)Nc3ccc(Br)c(C)c3)CC2=O)c1. The van der Waals surface area contributed by atoms with Gasteiger partial charge in [0.15, 0.2) is 0 Å². The van der Waals surface area contributed by atoms with Gasteiger partial charge in [-0.25, -0.2) is 0 Å². The molecule has 0 aliphatic carbocycles. The first kappa shape index (κ1) is 17.5. The molecule has 1 atom stereocenters. The molecule has 1 N–H and O–H groups in total. The van der Waals surface area contributed by atoms with Crippen LogP contribution in [0.15, 0.2) is 46.9 Å². The molecule has 0 radical (unpaired) electrons. The number of aryl methyl sites for hydroxylation is 1. The number of benzene rings is 2. The van der Waals surface area contributed by atoms with Crippen molar-refractivity contribution in [2.45, 2.75) is 13.3 Å². The van der Waals surface area contributed by atoms with Gasteiger partial charge in [0.1, 0.15) is 5.75 Å². The van der Waals surface area contributed by atoms with Gasteiger partial charge in [-0.1, -0.05) is 22.0 Å². The summed E-state index contributed by atoms with van der Waals surface area (Å²) in [5.41, 5.74) is 2.52. The zero-order chi connectivity index (χ0) is 18.0. The molecule has 25 heavy (non-hydrogen) atoms. The molecular formula is C19H19BrN2O3. The van der Waals surface area contributed by atoms with E-state index in [1.165, 1.54) is 0 Å². The van der Waals surface area contributed by atoms with Gasteiger partial charge < -0.3 is 15.0 Å². The summed E-state index contributed by atoms with van der Waals surface area (Å²) in [5, 5.41) is 2.90. The Labute approximate surface area is 155 Å². The van der Waals surface area contributed by atoms with Gasteiger partial charge in [0.2, 0.25) is 11.8 Å². The van der Waals surface area contributed by atoms with Gasteiger partial charge in [0.05, 0.1) is 13.0 Å². The van der Waals surface area contributed by atoms with Crippen LogP contribution in [0.5, 0.6) is 5.75 Å². The summed E-state index contributed by atoms with van der Waals surface area (Å²) < 4.78 is 6.19. The van der Waals surface area contributed by atoms with Crippen LogP contribution >= 0.6 is 15.9 Å². The highest BCUT2D eigenvalue weighted by Gasteiger charge is 2.35. The number of amides is 2. The Bertz CT molecular complexity index is 822. The summed E-state index contributed by atoms with van der Waals surface area (Å²) in [6, 6.07) is 12.9. The molecule has 1 saturated heterocycles. The molecule has 130 valence electrons. The van der Waals surface area contributed by atoms with Gasteiger partial charge in [-0.2, -0.15) is 0 Å². The van der Waals surface area contributed by atoms with Crippen LogP contribution in [0.3, 0.4) is 0 Å². The number of ether oxygens (including phenoxy) is 1. The van der Waals surface area contributed by atoms with Crippen molar-refractivity contribution >= 4 is 39.1 Å². The van der Waals surface area contributed by atoms with Crippen LogP contribution in [-0.4, -0.2) is 25.5 Å². The number of anilines is 2. The molecule has 0 bridgehead atoms. The Morgan fingerprint density at radius 3 is 2.80 bits per heavy atom. The van der Waals surface area contributed by atoms with E-state index < -0.39 is 0 Å². The number of methoxy groups -OCH3 is 1. The minimum atomic E-state index is -0.373. The van der Waals surface area contributed by atoms with E-state index in [1.807, 2.05) is 43.3 Å². The maximum Gasteiger partial charge on any atom is 0.229 e. The molecule has 0 aromatic heterocycles. The van der Waals surface area contributed by atoms with Crippen molar-refractivity contribution in [1.29, 1.82) is 0 Å². The van der Waals surface area contributed by atoms with E-state index in [1.54, 1.807) is 18.1 Å². The van der Waals surface area contributed by atoms with E-state index in [4.69, 9.17) is 4.74 Å². The molecule has 2 aromatic rings. The van der Waals surface area contributed by atoms with Crippen LogP contribution in [0, 0.1) is 12.8 Å². The molecule has 0 spiro atoms. The molecule has 6 heteroatoms. The van der Waals surface area contributed by atoms with Crippen LogP contribution in [-0.2, 0) is 9.59 Å². The summed E-state index contributed by atoms with van der Waals surface area (Å²) in [7, 11) is 1.58. The van der Waals surface area contributed by atoms with Crippen LogP contribution in [0.2, 0.25) is 0 Å². The van der Waals surface area contributed by atoms with E-state index in [-0.39, 0.29) is 24.2 Å². The number of carbonyl (C=O) groups excluding carboxylic acids is 2. The molecule has 1 aliphatic rings. The molecule has 2 amide bonds. The van der Waals surface area contributed by atoms with Crippen molar-refractivity contribution in [2.24, 2.45) is 5.92 Å². The molecule has 1 aliphatic heterocycles. The topological polar surface area (TPSA) is 58.6 Å². The lowest BCUT2D eigenvalue weighted by atomic mass is 10.1. The van der Waals surface area contributed by atoms with Crippen molar-refractivity contribution in [3.05, 3.63) is 52.5 Å². The number of nitrogens with zero attached hydrogens (tertiary/aromatic N) is 1. The monoisotopic (exact) mass is 402 g/mol. The number of hydrogen-bond donors (Lipinski definition) is 1. The minimum absolute atomic E-state index is 0.0552. The predicted octanol–water partition coefficient (Wildman–Crippen LogP) is 3.76. The molecule has 5 nitrogen and oxygen atoms in total. The first-order valence-corrected chi connectivity index (χ1v) is 8.78. The van der Waals surface area contributed by atoms with Crippen molar-refractivity contribution in [2.75, 3.05) is 23.9 Å². The van der Waals surface area contributed by atoms with Gasteiger partial charge in [0.25, 0.3) is 0 Å². The van der Waals surface area contributed by atoms with Crippen molar-refractivity contribution in [3.63, 3.8) is 0 Å². The largest absolute Gasteiger partial charge is 0.497 e. The maximum absolute atomic E-state index is 12.5. The first-order valence-electron chi connectivity index (χ1n) is 7.99. The Hall–Kier alpha value is -2.34. The Kier molecular flexibility index (Phi) is 5.08. The highest BCUT2D eigenvalue weighted by molar-refractivity contribution is 9.10. The van der Waals surface area contributed by atoms with E-state index in [0.717, 1.165) is 21.4 Å². The second kappa shape index (κ2) is 7.27. The standard InChI is InChI=1S/C19H19BrN2O3/c1-12-8-14(6-7-17(12)20)21-19(24)13-9-18(23)22(11-13)15-4-3-5-16(10-15)25-2/h3-8,10,13H,9,11H2,1-2H3,(H,21,24)/t13-/m1/s1. The van der Waals surface area contributed by atoms with Gasteiger partial charge in [-0.05, 0) is 42.8 Å². The Balaban J connectivity index is 1.70. The minimum Gasteiger partial charge on any atom is -0.497 e. The third kappa shape index (κ3) is 3.85. The quantitative estimate of drug-likeness (QED) is 0.846. The fourth-order valence-electron chi connectivity index (χ4n) is 2.88. The van der Waals surface area contributed by atoms with Crippen LogP contribution in [0.25, 0.3) is 0 Å². The summed E-state index contributed by atoms with van der Waals surface area (Å²) in [5.74, 6) is 0.118. The van der Waals surface area contributed by atoms with Gasteiger partial charge in [0, 0.05) is 34.9 Å². The van der Waals surface area contributed by atoms with Crippen LogP contribution < -0.4 is 15.0 Å². The maximum atomic E-state index is 12.5. The second-order valence-electron chi connectivity index (χ2n) is 6.06.